The van der Waals surface area contributed by atoms with Gasteiger partial charge < -0.3 is 14.7 Å². The van der Waals surface area contributed by atoms with Crippen LogP contribution >= 0.6 is 0 Å². The molecule has 1 amide bonds. The molecule has 0 aromatic heterocycles. The first-order valence-corrected chi connectivity index (χ1v) is 6.78. The van der Waals surface area contributed by atoms with Gasteiger partial charge in [-0.1, -0.05) is 19.9 Å². The number of hydrogen-bond donors (Lipinski definition) is 1. The Hall–Kier alpha value is -1.62. The molecule has 5 heteroatoms. The molecule has 0 bridgehead atoms. The van der Waals surface area contributed by atoms with Crippen molar-refractivity contribution in [1.29, 1.82) is 0 Å². The summed E-state index contributed by atoms with van der Waals surface area (Å²) in [6.07, 6.45) is 0. The highest BCUT2D eigenvalue weighted by molar-refractivity contribution is 5.97. The fraction of sp³-hybridized carbons (Fsp3) is 0.533. The first-order valence-electron chi connectivity index (χ1n) is 6.78. The van der Waals surface area contributed by atoms with Gasteiger partial charge in [0.1, 0.15) is 17.1 Å². The van der Waals surface area contributed by atoms with Crippen LogP contribution in [0.25, 0.3) is 0 Å². The molecule has 2 atom stereocenters. The molecular formula is C15H18FNO3. The normalized spacial score (nSPS) is 27.6. The summed E-state index contributed by atoms with van der Waals surface area (Å²) in [6.45, 7) is 5.85. The van der Waals surface area contributed by atoms with Crippen LogP contribution in [0.4, 0.5) is 4.39 Å². The fourth-order valence-corrected chi connectivity index (χ4v) is 3.36. The predicted octanol–water partition coefficient (Wildman–Crippen LogP) is 2.03. The van der Waals surface area contributed by atoms with E-state index in [1.807, 2.05) is 0 Å². The fourth-order valence-electron chi connectivity index (χ4n) is 3.36. The Morgan fingerprint density at radius 2 is 2.20 bits per heavy atom. The number of hydrogen-bond acceptors (Lipinski definition) is 3. The van der Waals surface area contributed by atoms with Crippen LogP contribution in [0.15, 0.2) is 18.2 Å². The van der Waals surface area contributed by atoms with Crippen molar-refractivity contribution >= 4 is 5.91 Å². The highest BCUT2D eigenvalue weighted by Gasteiger charge is 2.52. The Morgan fingerprint density at radius 1 is 1.45 bits per heavy atom. The van der Waals surface area contributed by atoms with Gasteiger partial charge in [0.2, 0.25) is 0 Å². The molecule has 4 nitrogen and oxygen atoms in total. The zero-order chi connectivity index (χ0) is 14.5. The number of carbonyl (C=O) groups is 1. The summed E-state index contributed by atoms with van der Waals surface area (Å²) in [6, 6.07) is 3.88. The number of ether oxygens (including phenoxy) is 1. The van der Waals surface area contributed by atoms with Crippen molar-refractivity contribution < 1.29 is 19.0 Å². The monoisotopic (exact) mass is 279 g/mol. The molecular weight excluding hydrogens is 261 g/mol. The molecule has 1 aromatic carbocycles. The summed E-state index contributed by atoms with van der Waals surface area (Å²) in [5.41, 5.74) is -0.298. The summed E-state index contributed by atoms with van der Waals surface area (Å²) in [5.74, 6) is -1.18. The smallest absolute Gasteiger partial charge is 0.260 e. The van der Waals surface area contributed by atoms with Gasteiger partial charge in [-0.2, -0.15) is 0 Å². The highest BCUT2D eigenvalue weighted by atomic mass is 19.1. The molecule has 20 heavy (non-hydrogen) atoms. The minimum atomic E-state index is -0.685. The second kappa shape index (κ2) is 4.45. The van der Waals surface area contributed by atoms with Gasteiger partial charge in [0.25, 0.3) is 5.91 Å². The van der Waals surface area contributed by atoms with E-state index in [2.05, 4.69) is 13.8 Å². The number of halogens is 1. The lowest BCUT2D eigenvalue weighted by molar-refractivity contribution is 0.0657. The number of carbonyl (C=O) groups excluding carboxylic acids is 1. The third kappa shape index (κ3) is 1.88. The Bertz CT molecular complexity index is 538. The van der Waals surface area contributed by atoms with Crippen LogP contribution in [0.3, 0.4) is 0 Å². The SMILES string of the molecule is CC1(C)CN(C(=O)c2c(O)cccc2F)[C@@H]2COC[C@@H]21. The van der Waals surface area contributed by atoms with Gasteiger partial charge in [-0.15, -0.1) is 0 Å². The maximum atomic E-state index is 13.9. The molecule has 0 aliphatic carbocycles. The van der Waals surface area contributed by atoms with Crippen molar-refractivity contribution in [3.05, 3.63) is 29.6 Å². The summed E-state index contributed by atoms with van der Waals surface area (Å²) >= 11 is 0. The Labute approximate surface area is 117 Å². The van der Waals surface area contributed by atoms with Gasteiger partial charge in [-0.3, -0.25) is 4.79 Å². The van der Waals surface area contributed by atoms with Crippen LogP contribution in [0.5, 0.6) is 5.75 Å². The zero-order valence-corrected chi connectivity index (χ0v) is 11.6. The number of aromatic hydroxyl groups is 1. The number of phenols is 1. The molecule has 1 N–H and O–H groups in total. The van der Waals surface area contributed by atoms with Crippen LogP contribution in [0.2, 0.25) is 0 Å². The van der Waals surface area contributed by atoms with Crippen LogP contribution in [-0.4, -0.2) is 41.7 Å². The third-order valence-corrected chi connectivity index (χ3v) is 4.50. The summed E-state index contributed by atoms with van der Waals surface area (Å²) < 4.78 is 19.3. The van der Waals surface area contributed by atoms with Crippen LogP contribution < -0.4 is 0 Å². The van der Waals surface area contributed by atoms with Gasteiger partial charge in [0.15, 0.2) is 0 Å². The van der Waals surface area contributed by atoms with Gasteiger partial charge in [-0.05, 0) is 17.5 Å². The van der Waals surface area contributed by atoms with Crippen molar-refractivity contribution in [2.75, 3.05) is 19.8 Å². The van der Waals surface area contributed by atoms with E-state index in [4.69, 9.17) is 4.74 Å². The van der Waals surface area contributed by atoms with Crippen molar-refractivity contribution in [1.82, 2.24) is 4.90 Å². The average molecular weight is 279 g/mol. The number of rotatable bonds is 1. The largest absolute Gasteiger partial charge is 0.507 e. The molecule has 2 heterocycles. The van der Waals surface area contributed by atoms with Gasteiger partial charge in [0.05, 0.1) is 19.3 Å². The molecule has 3 rings (SSSR count). The second-order valence-electron chi connectivity index (χ2n) is 6.27. The van der Waals surface area contributed by atoms with E-state index in [0.717, 1.165) is 0 Å². The second-order valence-corrected chi connectivity index (χ2v) is 6.27. The average Bonchev–Trinajstić information content (AvgIpc) is 2.92. The number of fused-ring (bicyclic) bond motifs is 1. The van der Waals surface area contributed by atoms with Crippen molar-refractivity contribution in [2.45, 2.75) is 19.9 Å². The lowest BCUT2D eigenvalue weighted by Crippen LogP contribution is -2.38. The van der Waals surface area contributed by atoms with Crippen molar-refractivity contribution in [3.63, 3.8) is 0 Å². The lowest BCUT2D eigenvalue weighted by atomic mass is 9.80. The Kier molecular flexibility index (Phi) is 2.97. The molecule has 2 saturated heterocycles. The minimum Gasteiger partial charge on any atom is -0.507 e. The zero-order valence-electron chi connectivity index (χ0n) is 11.6. The van der Waals surface area contributed by atoms with E-state index >= 15 is 0 Å². The van der Waals surface area contributed by atoms with E-state index in [-0.39, 0.29) is 28.7 Å². The van der Waals surface area contributed by atoms with Crippen LogP contribution in [-0.2, 0) is 4.74 Å². The lowest BCUT2D eigenvalue weighted by Gasteiger charge is -2.24. The minimum absolute atomic E-state index is 0.0310. The number of phenolic OH excluding ortho intramolecular Hbond substituents is 1. The van der Waals surface area contributed by atoms with Gasteiger partial charge in [-0.25, -0.2) is 4.39 Å². The first kappa shape index (κ1) is 13.4. The number of nitrogens with zero attached hydrogens (tertiary/aromatic N) is 1. The molecule has 0 unspecified atom stereocenters. The van der Waals surface area contributed by atoms with E-state index < -0.39 is 11.7 Å². The molecule has 108 valence electrons. The van der Waals surface area contributed by atoms with E-state index in [1.165, 1.54) is 18.2 Å². The third-order valence-electron chi connectivity index (χ3n) is 4.50. The van der Waals surface area contributed by atoms with Gasteiger partial charge >= 0.3 is 0 Å². The van der Waals surface area contributed by atoms with Crippen molar-refractivity contribution in [3.8, 4) is 5.75 Å². The summed E-state index contributed by atoms with van der Waals surface area (Å²) in [7, 11) is 0. The Balaban J connectivity index is 1.96. The molecule has 1 aromatic rings. The number of likely N-dealkylation sites (tertiary alicyclic amines) is 1. The quantitative estimate of drug-likeness (QED) is 0.855. The summed E-state index contributed by atoms with van der Waals surface area (Å²) in [4.78, 5) is 14.2. The molecule has 0 radical (unpaired) electrons. The maximum Gasteiger partial charge on any atom is 0.260 e. The predicted molar refractivity (Wildman–Crippen MR) is 71.0 cm³/mol. The summed E-state index contributed by atoms with van der Waals surface area (Å²) in [5, 5.41) is 9.77. The molecule has 0 spiro atoms. The molecule has 0 saturated carbocycles. The molecule has 2 aliphatic heterocycles. The molecule has 2 aliphatic rings. The van der Waals surface area contributed by atoms with E-state index in [9.17, 15) is 14.3 Å². The standard InChI is InChI=1S/C15H18FNO3/c1-15(2)8-17(11-7-20-6-9(11)15)14(19)13-10(16)4-3-5-12(13)18/h3-5,9,11,18H,6-8H2,1-2H3/t9-,11+/m0/s1. The van der Waals surface area contributed by atoms with E-state index in [0.29, 0.717) is 19.8 Å². The first-order chi connectivity index (χ1) is 9.42. The highest BCUT2D eigenvalue weighted by Crippen LogP contribution is 2.44. The maximum absolute atomic E-state index is 13.9. The van der Waals surface area contributed by atoms with Crippen molar-refractivity contribution in [2.24, 2.45) is 11.3 Å². The Morgan fingerprint density at radius 3 is 2.90 bits per heavy atom. The number of amides is 1. The van der Waals surface area contributed by atoms with Crippen LogP contribution in [0, 0.1) is 17.2 Å². The van der Waals surface area contributed by atoms with E-state index in [1.54, 1.807) is 4.90 Å². The number of benzene rings is 1. The molecule has 2 fully saturated rings. The topological polar surface area (TPSA) is 49.8 Å². The van der Waals surface area contributed by atoms with Gasteiger partial charge in [0, 0.05) is 12.5 Å². The van der Waals surface area contributed by atoms with Crippen LogP contribution in [0.1, 0.15) is 24.2 Å².